The molecule has 0 saturated carbocycles. The molecule has 2 rings (SSSR count). The first-order valence-electron chi connectivity index (χ1n) is 5.20. The Bertz CT molecular complexity index is 535. The molecule has 2 heterocycles. The van der Waals surface area contributed by atoms with Gasteiger partial charge in [-0.05, 0) is 34.5 Å². The van der Waals surface area contributed by atoms with Crippen LogP contribution in [-0.4, -0.2) is 14.8 Å². The van der Waals surface area contributed by atoms with Crippen molar-refractivity contribution in [1.29, 1.82) is 0 Å². The molecule has 0 bridgehead atoms. The number of nitrogens with two attached hydrogens (primary N) is 1. The maximum atomic E-state index is 5.85. The molecule has 3 N–H and O–H groups in total. The molecular formula is C11H14BrN5. The smallest absolute Gasteiger partial charge is 0.126 e. The number of nitrogen functional groups attached to an aromatic ring is 1. The first-order valence-corrected chi connectivity index (χ1v) is 5.99. The fourth-order valence-corrected chi connectivity index (χ4v) is 1.67. The van der Waals surface area contributed by atoms with Gasteiger partial charge >= 0.3 is 0 Å². The number of anilines is 2. The van der Waals surface area contributed by atoms with Crippen LogP contribution in [0, 0.1) is 6.92 Å². The Morgan fingerprint density at radius 2 is 2.24 bits per heavy atom. The van der Waals surface area contributed by atoms with E-state index in [1.165, 1.54) is 0 Å². The summed E-state index contributed by atoms with van der Waals surface area (Å²) in [6, 6.07) is 1.98. The molecule has 0 amide bonds. The van der Waals surface area contributed by atoms with Crippen LogP contribution in [0.5, 0.6) is 0 Å². The van der Waals surface area contributed by atoms with E-state index in [0.717, 1.165) is 21.4 Å². The average molecular weight is 296 g/mol. The van der Waals surface area contributed by atoms with Crippen LogP contribution in [-0.2, 0) is 13.6 Å². The van der Waals surface area contributed by atoms with Crippen molar-refractivity contribution in [2.24, 2.45) is 7.05 Å². The van der Waals surface area contributed by atoms with E-state index in [4.69, 9.17) is 5.73 Å². The van der Waals surface area contributed by atoms with E-state index in [1.54, 1.807) is 17.1 Å². The third-order valence-corrected chi connectivity index (χ3v) is 3.40. The highest BCUT2D eigenvalue weighted by Gasteiger charge is 2.05. The summed E-state index contributed by atoms with van der Waals surface area (Å²) >= 11 is 3.42. The Labute approximate surface area is 108 Å². The van der Waals surface area contributed by atoms with Gasteiger partial charge in [0, 0.05) is 29.8 Å². The zero-order chi connectivity index (χ0) is 12.4. The van der Waals surface area contributed by atoms with Crippen LogP contribution < -0.4 is 11.1 Å². The zero-order valence-corrected chi connectivity index (χ0v) is 11.3. The number of halogens is 1. The Balaban J connectivity index is 2.07. The van der Waals surface area contributed by atoms with E-state index < -0.39 is 0 Å². The maximum Gasteiger partial charge on any atom is 0.126 e. The highest BCUT2D eigenvalue weighted by molar-refractivity contribution is 9.10. The lowest BCUT2D eigenvalue weighted by Crippen LogP contribution is -2.05. The molecule has 5 nitrogen and oxygen atoms in total. The van der Waals surface area contributed by atoms with Crippen LogP contribution in [0.2, 0.25) is 0 Å². The van der Waals surface area contributed by atoms with Crippen molar-refractivity contribution < 1.29 is 0 Å². The second kappa shape index (κ2) is 4.75. The van der Waals surface area contributed by atoms with Gasteiger partial charge in [-0.25, -0.2) is 4.98 Å². The topological polar surface area (TPSA) is 68.8 Å². The molecule has 17 heavy (non-hydrogen) atoms. The monoisotopic (exact) mass is 295 g/mol. The molecule has 0 aliphatic rings. The normalized spacial score (nSPS) is 10.5. The van der Waals surface area contributed by atoms with Crippen molar-refractivity contribution in [3.8, 4) is 0 Å². The minimum absolute atomic E-state index is 0.619. The number of aryl methyl sites for hydroxylation is 2. The van der Waals surface area contributed by atoms with Crippen molar-refractivity contribution in [2.45, 2.75) is 13.5 Å². The van der Waals surface area contributed by atoms with Gasteiger partial charge in [0.15, 0.2) is 0 Å². The summed E-state index contributed by atoms with van der Waals surface area (Å²) in [7, 11) is 1.82. The molecule has 2 aromatic heterocycles. The maximum absolute atomic E-state index is 5.85. The number of pyridine rings is 1. The number of aromatic nitrogens is 3. The summed E-state index contributed by atoms with van der Waals surface area (Å²) in [5.41, 5.74) is 7.96. The second-order valence-electron chi connectivity index (χ2n) is 3.85. The molecule has 0 aliphatic heterocycles. The van der Waals surface area contributed by atoms with Gasteiger partial charge in [-0.15, -0.1) is 0 Å². The van der Waals surface area contributed by atoms with Crippen molar-refractivity contribution in [3.05, 3.63) is 34.1 Å². The Morgan fingerprint density at radius 1 is 1.47 bits per heavy atom. The number of nitrogens with zero attached hydrogens (tertiary/aromatic N) is 3. The molecule has 0 saturated heterocycles. The SMILES string of the molecule is Cc1cc(NCc2cnn(C)c2N)ncc1Br. The fourth-order valence-electron chi connectivity index (χ4n) is 1.45. The molecule has 90 valence electrons. The molecule has 0 unspecified atom stereocenters. The van der Waals surface area contributed by atoms with Crippen molar-refractivity contribution >= 4 is 27.6 Å². The van der Waals surface area contributed by atoms with Crippen LogP contribution in [0.15, 0.2) is 22.9 Å². The van der Waals surface area contributed by atoms with E-state index in [9.17, 15) is 0 Å². The van der Waals surface area contributed by atoms with Crippen LogP contribution >= 0.6 is 15.9 Å². The molecule has 0 aromatic carbocycles. The van der Waals surface area contributed by atoms with Crippen LogP contribution in [0.3, 0.4) is 0 Å². The van der Waals surface area contributed by atoms with Crippen LogP contribution in [0.1, 0.15) is 11.1 Å². The van der Waals surface area contributed by atoms with Gasteiger partial charge in [0.2, 0.25) is 0 Å². The van der Waals surface area contributed by atoms with E-state index in [-0.39, 0.29) is 0 Å². The van der Waals surface area contributed by atoms with Crippen LogP contribution in [0.4, 0.5) is 11.6 Å². The Kier molecular flexibility index (Phi) is 3.33. The summed E-state index contributed by atoms with van der Waals surface area (Å²) in [6.07, 6.45) is 3.54. The molecule has 0 spiro atoms. The first-order chi connectivity index (χ1) is 8.08. The third kappa shape index (κ3) is 2.58. The number of hydrogen-bond donors (Lipinski definition) is 2. The van der Waals surface area contributed by atoms with E-state index in [1.807, 2.05) is 20.0 Å². The number of rotatable bonds is 3. The molecule has 0 aliphatic carbocycles. The molecular weight excluding hydrogens is 282 g/mol. The second-order valence-corrected chi connectivity index (χ2v) is 4.71. The van der Waals surface area contributed by atoms with Gasteiger partial charge in [0.05, 0.1) is 6.20 Å². The minimum atomic E-state index is 0.619. The summed E-state index contributed by atoms with van der Waals surface area (Å²) in [5.74, 6) is 1.50. The van der Waals surface area contributed by atoms with E-state index in [0.29, 0.717) is 12.4 Å². The predicted molar refractivity (Wildman–Crippen MR) is 71.6 cm³/mol. The first kappa shape index (κ1) is 11.9. The predicted octanol–water partition coefficient (Wildman–Crippen LogP) is 2.08. The quantitative estimate of drug-likeness (QED) is 0.910. The minimum Gasteiger partial charge on any atom is -0.384 e. The van der Waals surface area contributed by atoms with E-state index in [2.05, 4.69) is 31.3 Å². The van der Waals surface area contributed by atoms with Crippen molar-refractivity contribution in [2.75, 3.05) is 11.1 Å². The standard InChI is InChI=1S/C11H14BrN5/c1-7-3-10(15-6-9(7)12)14-4-8-5-16-17(2)11(8)13/h3,5-6H,4,13H2,1-2H3,(H,14,15). The number of nitrogens with one attached hydrogen (secondary N) is 1. The number of hydrogen-bond acceptors (Lipinski definition) is 4. The van der Waals surface area contributed by atoms with E-state index >= 15 is 0 Å². The van der Waals surface area contributed by atoms with Crippen LogP contribution in [0.25, 0.3) is 0 Å². The fraction of sp³-hybridized carbons (Fsp3) is 0.273. The average Bonchev–Trinajstić information content (AvgIpc) is 2.62. The Morgan fingerprint density at radius 3 is 2.82 bits per heavy atom. The summed E-state index contributed by atoms with van der Waals surface area (Å²) in [6.45, 7) is 2.64. The summed E-state index contributed by atoms with van der Waals surface area (Å²) in [5, 5.41) is 7.30. The largest absolute Gasteiger partial charge is 0.384 e. The highest BCUT2D eigenvalue weighted by atomic mass is 79.9. The van der Waals surface area contributed by atoms with Crippen molar-refractivity contribution in [1.82, 2.24) is 14.8 Å². The van der Waals surface area contributed by atoms with Gasteiger partial charge in [-0.1, -0.05) is 0 Å². The van der Waals surface area contributed by atoms with Crippen molar-refractivity contribution in [3.63, 3.8) is 0 Å². The lowest BCUT2D eigenvalue weighted by atomic mass is 10.3. The molecule has 0 fully saturated rings. The summed E-state index contributed by atoms with van der Waals surface area (Å²) in [4.78, 5) is 4.26. The Hall–Kier alpha value is -1.56. The summed E-state index contributed by atoms with van der Waals surface area (Å²) < 4.78 is 2.65. The van der Waals surface area contributed by atoms with Gasteiger partial charge < -0.3 is 11.1 Å². The molecule has 0 radical (unpaired) electrons. The third-order valence-electron chi connectivity index (χ3n) is 2.57. The molecule has 6 heteroatoms. The van der Waals surface area contributed by atoms with Gasteiger partial charge in [0.1, 0.15) is 11.6 Å². The lowest BCUT2D eigenvalue weighted by molar-refractivity contribution is 0.778. The van der Waals surface area contributed by atoms with Gasteiger partial charge in [-0.3, -0.25) is 4.68 Å². The molecule has 0 atom stereocenters. The van der Waals surface area contributed by atoms with Gasteiger partial charge in [-0.2, -0.15) is 5.10 Å². The van der Waals surface area contributed by atoms with Gasteiger partial charge in [0.25, 0.3) is 0 Å². The molecule has 2 aromatic rings. The lowest BCUT2D eigenvalue weighted by Gasteiger charge is -2.06. The highest BCUT2D eigenvalue weighted by Crippen LogP contribution is 2.18. The zero-order valence-electron chi connectivity index (χ0n) is 9.74.